The van der Waals surface area contributed by atoms with Gasteiger partial charge in [-0.25, -0.2) is 9.07 Å². The van der Waals surface area contributed by atoms with Gasteiger partial charge in [-0.3, -0.25) is 4.79 Å². The van der Waals surface area contributed by atoms with Crippen molar-refractivity contribution in [2.24, 2.45) is 7.05 Å². The van der Waals surface area contributed by atoms with Gasteiger partial charge >= 0.3 is 0 Å². The van der Waals surface area contributed by atoms with E-state index in [4.69, 9.17) is 0 Å². The third-order valence-corrected chi connectivity index (χ3v) is 4.17. The summed E-state index contributed by atoms with van der Waals surface area (Å²) < 4.78 is 15.0. The Morgan fingerprint density at radius 3 is 2.81 bits per heavy atom. The van der Waals surface area contributed by atoms with Crippen LogP contribution in [0.25, 0.3) is 0 Å². The van der Waals surface area contributed by atoms with E-state index in [2.05, 4.69) is 26.3 Å². The molecule has 2 aromatic rings. The van der Waals surface area contributed by atoms with Gasteiger partial charge in [-0.15, -0.1) is 0 Å². The summed E-state index contributed by atoms with van der Waals surface area (Å²) in [5.41, 5.74) is 1.02. The van der Waals surface area contributed by atoms with Crippen LogP contribution in [0, 0.1) is 5.82 Å². The molecule has 0 spiro atoms. The predicted molar refractivity (Wildman–Crippen MR) is 85.1 cm³/mol. The zero-order valence-electron chi connectivity index (χ0n) is 12.2. The monoisotopic (exact) mass is 353 g/mol. The fourth-order valence-corrected chi connectivity index (χ4v) is 2.46. The van der Waals surface area contributed by atoms with E-state index < -0.39 is 0 Å². The Kier molecular flexibility index (Phi) is 4.46. The van der Waals surface area contributed by atoms with E-state index in [0.29, 0.717) is 16.7 Å². The Morgan fingerprint density at radius 1 is 1.43 bits per heavy atom. The largest absolute Gasteiger partial charge is 0.382 e. The van der Waals surface area contributed by atoms with Crippen LogP contribution in [-0.2, 0) is 12.5 Å². The number of rotatable bonds is 4. The molecule has 0 radical (unpaired) electrons. The topological polar surface area (TPSA) is 46.9 Å². The fraction of sp³-hybridized carbons (Fsp3) is 0.333. The van der Waals surface area contributed by atoms with Crippen LogP contribution in [0.15, 0.2) is 39.7 Å². The highest BCUT2D eigenvalue weighted by atomic mass is 79.9. The summed E-state index contributed by atoms with van der Waals surface area (Å²) in [5, 5.41) is 7.17. The molecule has 2 rings (SSSR count). The van der Waals surface area contributed by atoms with Crippen molar-refractivity contribution in [3.05, 3.63) is 56.7 Å². The summed E-state index contributed by atoms with van der Waals surface area (Å²) in [4.78, 5) is 11.8. The fourth-order valence-electron chi connectivity index (χ4n) is 1.96. The minimum Gasteiger partial charge on any atom is -0.382 e. The standard InChI is InChI=1S/C15H17BrFN3O/c1-15(2,10-5-4-6-11(17)7-10)9-18-12-8-19-20(3)14(21)13(12)16/h4-8,18H,9H2,1-3H3. The molecule has 0 saturated heterocycles. The molecule has 0 aliphatic carbocycles. The minimum absolute atomic E-state index is 0.205. The van der Waals surface area contributed by atoms with Crippen LogP contribution < -0.4 is 10.9 Å². The second-order valence-electron chi connectivity index (χ2n) is 5.55. The molecule has 0 atom stereocenters. The molecule has 1 aromatic heterocycles. The van der Waals surface area contributed by atoms with E-state index in [-0.39, 0.29) is 16.8 Å². The van der Waals surface area contributed by atoms with E-state index in [9.17, 15) is 9.18 Å². The van der Waals surface area contributed by atoms with Crippen molar-refractivity contribution in [3.8, 4) is 0 Å². The minimum atomic E-state index is -0.289. The molecule has 6 heteroatoms. The smallest absolute Gasteiger partial charge is 0.282 e. The van der Waals surface area contributed by atoms with E-state index in [0.717, 1.165) is 5.56 Å². The molecule has 0 aliphatic rings. The number of hydrogen-bond donors (Lipinski definition) is 1. The number of aromatic nitrogens is 2. The summed E-state index contributed by atoms with van der Waals surface area (Å²) in [6.07, 6.45) is 1.59. The van der Waals surface area contributed by atoms with Gasteiger partial charge in [-0.05, 0) is 33.6 Å². The number of aryl methyl sites for hydroxylation is 1. The second-order valence-corrected chi connectivity index (χ2v) is 6.34. The van der Waals surface area contributed by atoms with Crippen molar-refractivity contribution >= 4 is 21.6 Å². The van der Waals surface area contributed by atoms with Crippen LogP contribution in [0.2, 0.25) is 0 Å². The van der Waals surface area contributed by atoms with Crippen LogP contribution in [0.1, 0.15) is 19.4 Å². The number of halogens is 2. The van der Waals surface area contributed by atoms with Gasteiger partial charge in [0, 0.05) is 19.0 Å². The van der Waals surface area contributed by atoms with E-state index in [1.54, 1.807) is 19.3 Å². The first kappa shape index (κ1) is 15.7. The molecule has 0 amide bonds. The number of hydrogen-bond acceptors (Lipinski definition) is 3. The maximum atomic E-state index is 13.3. The second kappa shape index (κ2) is 5.97. The number of nitrogens with one attached hydrogen (secondary N) is 1. The molecular weight excluding hydrogens is 337 g/mol. The van der Waals surface area contributed by atoms with Gasteiger partial charge in [0.1, 0.15) is 10.3 Å². The van der Waals surface area contributed by atoms with Crippen molar-refractivity contribution < 1.29 is 4.39 Å². The summed E-state index contributed by atoms with van der Waals surface area (Å²) in [6, 6.07) is 6.54. The highest BCUT2D eigenvalue weighted by Gasteiger charge is 2.21. The Hall–Kier alpha value is -1.69. The summed E-state index contributed by atoms with van der Waals surface area (Å²) in [5.74, 6) is -0.253. The van der Waals surface area contributed by atoms with Crippen molar-refractivity contribution in [3.63, 3.8) is 0 Å². The van der Waals surface area contributed by atoms with Gasteiger partial charge < -0.3 is 5.32 Å². The van der Waals surface area contributed by atoms with Crippen molar-refractivity contribution in [2.75, 3.05) is 11.9 Å². The first-order valence-electron chi connectivity index (χ1n) is 6.53. The summed E-state index contributed by atoms with van der Waals surface area (Å²) in [7, 11) is 1.59. The first-order chi connectivity index (χ1) is 9.81. The lowest BCUT2D eigenvalue weighted by molar-refractivity contribution is 0.545. The molecule has 1 N–H and O–H groups in total. The van der Waals surface area contributed by atoms with Crippen LogP contribution in [-0.4, -0.2) is 16.3 Å². The Morgan fingerprint density at radius 2 is 2.14 bits per heavy atom. The normalized spacial score (nSPS) is 11.5. The van der Waals surface area contributed by atoms with Crippen molar-refractivity contribution in [2.45, 2.75) is 19.3 Å². The first-order valence-corrected chi connectivity index (χ1v) is 7.32. The van der Waals surface area contributed by atoms with E-state index in [1.807, 2.05) is 19.9 Å². The molecule has 112 valence electrons. The van der Waals surface area contributed by atoms with Crippen LogP contribution in [0.4, 0.5) is 10.1 Å². The number of anilines is 1. The van der Waals surface area contributed by atoms with Crippen LogP contribution in [0.5, 0.6) is 0 Å². The lowest BCUT2D eigenvalue weighted by Crippen LogP contribution is -2.29. The van der Waals surface area contributed by atoms with E-state index in [1.165, 1.54) is 16.8 Å². The van der Waals surface area contributed by atoms with Crippen molar-refractivity contribution in [1.82, 2.24) is 9.78 Å². The third-order valence-electron chi connectivity index (χ3n) is 3.41. The molecule has 0 aliphatic heterocycles. The van der Waals surface area contributed by atoms with Crippen LogP contribution >= 0.6 is 15.9 Å². The Balaban J connectivity index is 2.19. The van der Waals surface area contributed by atoms with Gasteiger partial charge in [-0.1, -0.05) is 26.0 Å². The lowest BCUT2D eigenvalue weighted by atomic mass is 9.84. The Bertz CT molecular complexity index is 712. The molecule has 0 saturated carbocycles. The summed E-state index contributed by atoms with van der Waals surface area (Å²) in [6.45, 7) is 4.57. The quantitative estimate of drug-likeness (QED) is 0.918. The Labute approximate surface area is 131 Å². The van der Waals surface area contributed by atoms with Crippen molar-refractivity contribution in [1.29, 1.82) is 0 Å². The molecule has 0 fully saturated rings. The summed E-state index contributed by atoms with van der Waals surface area (Å²) >= 11 is 3.27. The third kappa shape index (κ3) is 3.50. The number of nitrogens with zero attached hydrogens (tertiary/aromatic N) is 2. The molecular formula is C15H17BrFN3O. The van der Waals surface area contributed by atoms with Gasteiger partial charge in [0.05, 0.1) is 11.9 Å². The average Bonchev–Trinajstić information content (AvgIpc) is 2.44. The highest BCUT2D eigenvalue weighted by molar-refractivity contribution is 9.10. The highest BCUT2D eigenvalue weighted by Crippen LogP contribution is 2.25. The molecule has 0 unspecified atom stereocenters. The van der Waals surface area contributed by atoms with Crippen LogP contribution in [0.3, 0.4) is 0 Å². The SMILES string of the molecule is Cn1ncc(NCC(C)(C)c2cccc(F)c2)c(Br)c1=O. The van der Waals surface area contributed by atoms with Gasteiger partial charge in [0.15, 0.2) is 0 Å². The predicted octanol–water partition coefficient (Wildman–Crippen LogP) is 3.07. The maximum absolute atomic E-state index is 13.3. The lowest BCUT2D eigenvalue weighted by Gasteiger charge is -2.26. The van der Waals surface area contributed by atoms with Gasteiger partial charge in [0.25, 0.3) is 5.56 Å². The molecule has 21 heavy (non-hydrogen) atoms. The molecule has 4 nitrogen and oxygen atoms in total. The maximum Gasteiger partial charge on any atom is 0.282 e. The number of benzene rings is 1. The van der Waals surface area contributed by atoms with Gasteiger partial charge in [0.2, 0.25) is 0 Å². The zero-order chi connectivity index (χ0) is 15.6. The molecule has 0 bridgehead atoms. The molecule has 1 aromatic carbocycles. The average molecular weight is 354 g/mol. The zero-order valence-corrected chi connectivity index (χ0v) is 13.7. The van der Waals surface area contributed by atoms with Gasteiger partial charge in [-0.2, -0.15) is 5.10 Å². The van der Waals surface area contributed by atoms with E-state index >= 15 is 0 Å². The molecule has 1 heterocycles.